The molecule has 2 aromatic carbocycles. The second-order valence-corrected chi connectivity index (χ2v) is 14.3. The lowest BCUT2D eigenvalue weighted by atomic mass is 9.85. The number of carbonyl (C=O) groups excluding carboxylic acids is 2. The third-order valence-electron chi connectivity index (χ3n) is 9.02. The van der Waals surface area contributed by atoms with Gasteiger partial charge in [-0.1, -0.05) is 66.2 Å². The number of nitrogens with one attached hydrogen (secondary N) is 1. The van der Waals surface area contributed by atoms with Crippen molar-refractivity contribution in [2.24, 2.45) is 5.92 Å². The van der Waals surface area contributed by atoms with Crippen LogP contribution in [0.25, 0.3) is 0 Å². The fourth-order valence-electron chi connectivity index (χ4n) is 6.31. The summed E-state index contributed by atoms with van der Waals surface area (Å²) in [7, 11) is 3.10. The summed E-state index contributed by atoms with van der Waals surface area (Å²) < 4.78 is 23.0. The molecule has 2 bridgehead atoms. The molecule has 0 radical (unpaired) electrons. The second kappa shape index (κ2) is 16.9. The van der Waals surface area contributed by atoms with Gasteiger partial charge >= 0.3 is 11.9 Å². The van der Waals surface area contributed by atoms with Crippen molar-refractivity contribution < 1.29 is 28.5 Å². The molecular weight excluding hydrogens is 671 g/mol. The van der Waals surface area contributed by atoms with Crippen molar-refractivity contribution in [3.8, 4) is 11.5 Å². The van der Waals surface area contributed by atoms with E-state index in [4.69, 9.17) is 42.1 Å². The lowest BCUT2D eigenvalue weighted by molar-refractivity contribution is -0.160. The molecule has 8 nitrogen and oxygen atoms in total. The topological polar surface area (TPSA) is 86.3 Å². The summed E-state index contributed by atoms with van der Waals surface area (Å²) in [6, 6.07) is 18.7. The van der Waals surface area contributed by atoms with E-state index in [-0.39, 0.29) is 23.5 Å². The van der Waals surface area contributed by atoms with Crippen LogP contribution < -0.4 is 14.8 Å². The number of nitrogens with zero attached hydrogens (tertiary/aromatic N) is 1. The lowest BCUT2D eigenvalue weighted by Gasteiger charge is -2.44. The third-order valence-corrected chi connectivity index (χ3v) is 10.5. The minimum atomic E-state index is -0.728. The number of ether oxygens (including phenoxy) is 4. The van der Waals surface area contributed by atoms with Crippen molar-refractivity contribution in [2.45, 2.75) is 50.9 Å². The molecule has 3 saturated heterocycles. The van der Waals surface area contributed by atoms with E-state index in [1.165, 1.54) is 11.3 Å². The fourth-order valence-corrected chi connectivity index (χ4v) is 7.63. The van der Waals surface area contributed by atoms with Crippen molar-refractivity contribution in [1.29, 1.82) is 0 Å². The molecule has 1 unspecified atom stereocenters. The maximum Gasteiger partial charge on any atom is 0.348 e. The Morgan fingerprint density at radius 1 is 1.00 bits per heavy atom. The quantitative estimate of drug-likeness (QED) is 0.126. The number of rotatable bonds is 15. The highest BCUT2D eigenvalue weighted by molar-refractivity contribution is 7.13. The minimum Gasteiger partial charge on any atom is -0.493 e. The molecule has 3 aromatic rings. The predicted molar refractivity (Wildman–Crippen MR) is 190 cm³/mol. The minimum absolute atomic E-state index is 0.0534. The molecule has 3 aliphatic heterocycles. The summed E-state index contributed by atoms with van der Waals surface area (Å²) in [5.74, 6) is 0.353. The average Bonchev–Trinajstić information content (AvgIpc) is 3.58. The van der Waals surface area contributed by atoms with E-state index in [0.29, 0.717) is 51.6 Å². The molecule has 0 amide bonds. The molecule has 256 valence electrons. The maximum atomic E-state index is 13.5. The van der Waals surface area contributed by atoms with Gasteiger partial charge in [-0.15, -0.1) is 11.3 Å². The molecule has 1 aromatic heterocycles. The highest BCUT2D eigenvalue weighted by atomic mass is 35.5. The molecule has 48 heavy (non-hydrogen) atoms. The van der Waals surface area contributed by atoms with Gasteiger partial charge in [0, 0.05) is 41.0 Å². The van der Waals surface area contributed by atoms with Crippen molar-refractivity contribution in [3.63, 3.8) is 0 Å². The van der Waals surface area contributed by atoms with Crippen LogP contribution >= 0.6 is 34.5 Å². The standard InChI is InChI=1S/C37H42Cl2N2O6S/c1-23(38)29(24(2)39)19-32(27-10-12-31(44-3)33(18-27)45-4)46-37(43)35-13-11-28(48-35)20-40-21-30(25-8-6-5-7-9-25)36(42)47-34-22-41-16-14-26(34)15-17-41/h5-13,18,26,30,32,34,40H,1,14-17,19-22H2,2-4H3/b29-24+/t30?,32-,34-/m0/s1. The first-order valence-electron chi connectivity index (χ1n) is 16.1. The number of methoxy groups -OCH3 is 2. The van der Waals surface area contributed by atoms with Crippen LogP contribution in [0.5, 0.6) is 11.5 Å². The van der Waals surface area contributed by atoms with Crippen LogP contribution in [-0.4, -0.2) is 63.3 Å². The monoisotopic (exact) mass is 712 g/mol. The van der Waals surface area contributed by atoms with E-state index in [9.17, 15) is 9.59 Å². The summed E-state index contributed by atoms with van der Waals surface area (Å²) >= 11 is 13.9. The first kappa shape index (κ1) is 36.0. The van der Waals surface area contributed by atoms with Crippen LogP contribution in [0.15, 0.2) is 82.9 Å². The van der Waals surface area contributed by atoms with Gasteiger partial charge in [-0.05, 0) is 79.7 Å². The van der Waals surface area contributed by atoms with Gasteiger partial charge in [-0.2, -0.15) is 0 Å². The SMILES string of the molecule is C=C(Cl)/C(C[C@H](OC(=O)c1ccc(CNCC(C(=O)O[C@H]2CN3CCC2CC3)c2ccccc2)s1)c1ccc(OC)c(OC)c1)=C(\C)Cl. The second-order valence-electron chi connectivity index (χ2n) is 12.1. The van der Waals surface area contributed by atoms with Gasteiger partial charge in [0.1, 0.15) is 17.1 Å². The number of thiophene rings is 1. The number of benzene rings is 2. The predicted octanol–water partition coefficient (Wildman–Crippen LogP) is 7.83. The van der Waals surface area contributed by atoms with Crippen LogP contribution in [0.1, 0.15) is 63.9 Å². The van der Waals surface area contributed by atoms with Gasteiger partial charge in [-0.25, -0.2) is 4.79 Å². The largest absolute Gasteiger partial charge is 0.493 e. The van der Waals surface area contributed by atoms with Crippen LogP contribution in [0.2, 0.25) is 0 Å². The van der Waals surface area contributed by atoms with Crippen LogP contribution in [0.4, 0.5) is 0 Å². The number of halogens is 2. The molecule has 0 spiro atoms. The zero-order valence-corrected chi connectivity index (χ0v) is 29.8. The normalized spacial score (nSPS) is 20.3. The Bertz CT molecular complexity index is 1610. The molecule has 11 heteroatoms. The summed E-state index contributed by atoms with van der Waals surface area (Å²) in [4.78, 5) is 30.7. The average molecular weight is 714 g/mol. The van der Waals surface area contributed by atoms with Gasteiger partial charge < -0.3 is 24.3 Å². The van der Waals surface area contributed by atoms with Crippen molar-refractivity contribution in [2.75, 3.05) is 40.4 Å². The molecule has 0 aliphatic carbocycles. The smallest absolute Gasteiger partial charge is 0.348 e. The van der Waals surface area contributed by atoms with Gasteiger partial charge in [0.2, 0.25) is 0 Å². The van der Waals surface area contributed by atoms with Gasteiger partial charge in [0.15, 0.2) is 11.5 Å². The molecule has 3 aliphatic rings. The molecule has 0 saturated carbocycles. The first-order valence-corrected chi connectivity index (χ1v) is 17.6. The molecule has 6 rings (SSSR count). The molecular formula is C37H42Cl2N2O6S. The van der Waals surface area contributed by atoms with Gasteiger partial charge in [0.25, 0.3) is 0 Å². The number of carbonyl (C=O) groups is 2. The molecule has 1 N–H and O–H groups in total. The Balaban J connectivity index is 1.25. The molecule has 4 heterocycles. The zero-order chi connectivity index (χ0) is 34.2. The number of hydrogen-bond donors (Lipinski definition) is 1. The summed E-state index contributed by atoms with van der Waals surface area (Å²) in [6.45, 7) is 9.42. The van der Waals surface area contributed by atoms with Crippen molar-refractivity contribution in [3.05, 3.63) is 104 Å². The van der Waals surface area contributed by atoms with Crippen molar-refractivity contribution >= 4 is 46.5 Å². The number of allylic oxidation sites excluding steroid dienone is 2. The maximum absolute atomic E-state index is 13.5. The number of esters is 2. The lowest BCUT2D eigenvalue weighted by Crippen LogP contribution is -2.52. The Morgan fingerprint density at radius 2 is 1.73 bits per heavy atom. The Kier molecular flexibility index (Phi) is 12.6. The van der Waals surface area contributed by atoms with Crippen LogP contribution in [0, 0.1) is 5.92 Å². The summed E-state index contributed by atoms with van der Waals surface area (Å²) in [5.41, 5.74) is 2.18. The van der Waals surface area contributed by atoms with Crippen LogP contribution in [0.3, 0.4) is 0 Å². The Hall–Kier alpha value is -3.34. The number of hydrogen-bond acceptors (Lipinski definition) is 9. The molecule has 3 atom stereocenters. The van der Waals surface area contributed by atoms with Crippen LogP contribution in [-0.2, 0) is 20.8 Å². The fraction of sp³-hybridized carbons (Fsp3) is 0.405. The first-order chi connectivity index (χ1) is 23.2. The summed E-state index contributed by atoms with van der Waals surface area (Å²) in [5, 5.41) is 4.16. The number of piperidine rings is 3. The summed E-state index contributed by atoms with van der Waals surface area (Å²) in [6.07, 6.45) is 1.60. The Morgan fingerprint density at radius 3 is 2.35 bits per heavy atom. The Labute approximate surface area is 296 Å². The van der Waals surface area contributed by atoms with E-state index in [0.717, 1.165) is 42.9 Å². The highest BCUT2D eigenvalue weighted by Crippen LogP contribution is 2.37. The van der Waals surface area contributed by atoms with Gasteiger partial charge in [0.05, 0.1) is 20.1 Å². The van der Waals surface area contributed by atoms with E-state index in [1.54, 1.807) is 39.3 Å². The number of fused-ring (bicyclic) bond motifs is 3. The van der Waals surface area contributed by atoms with E-state index >= 15 is 0 Å². The van der Waals surface area contributed by atoms with Crippen molar-refractivity contribution in [1.82, 2.24) is 10.2 Å². The highest BCUT2D eigenvalue weighted by Gasteiger charge is 2.38. The van der Waals surface area contributed by atoms with E-state index in [1.807, 2.05) is 42.5 Å². The van der Waals surface area contributed by atoms with E-state index in [2.05, 4.69) is 16.8 Å². The van der Waals surface area contributed by atoms with Gasteiger partial charge in [-0.3, -0.25) is 9.69 Å². The third kappa shape index (κ3) is 9.01. The zero-order valence-electron chi connectivity index (χ0n) is 27.5. The van der Waals surface area contributed by atoms with E-state index < -0.39 is 18.0 Å². The molecule has 3 fully saturated rings.